The van der Waals surface area contributed by atoms with Crippen LogP contribution in [-0.4, -0.2) is 35.8 Å². The smallest absolute Gasteiger partial charge is 0.236 e. The first-order valence-corrected chi connectivity index (χ1v) is 10.3. The molecule has 5 nitrogen and oxygen atoms in total. The van der Waals surface area contributed by atoms with E-state index in [2.05, 4.69) is 16.0 Å². The summed E-state index contributed by atoms with van der Waals surface area (Å²) in [6.07, 6.45) is 7.09. The minimum atomic E-state index is -3.38. The van der Waals surface area contributed by atoms with Gasteiger partial charge in [0.05, 0.1) is 0 Å². The predicted octanol–water partition coefficient (Wildman–Crippen LogP) is 3.74. The van der Waals surface area contributed by atoms with Crippen LogP contribution in [0.15, 0.2) is 60.3 Å². The number of pyridine rings is 1. The van der Waals surface area contributed by atoms with Crippen molar-refractivity contribution in [3.63, 3.8) is 0 Å². The van der Waals surface area contributed by atoms with E-state index in [-0.39, 0.29) is 0 Å². The second-order valence-corrected chi connectivity index (χ2v) is 8.39. The maximum Gasteiger partial charge on any atom is 0.236 e. The Morgan fingerprint density at radius 3 is 2.62 bits per heavy atom. The molecule has 0 radical (unpaired) electrons. The maximum absolute atomic E-state index is 12.6. The largest absolute Gasteiger partial charge is 0.346 e. The Bertz CT molecular complexity index is 1020. The topological polar surface area (TPSA) is 66.1 Å². The number of benzene rings is 1. The molecule has 1 N–H and O–H groups in total. The monoisotopic (exact) mass is 367 g/mol. The zero-order valence-corrected chi connectivity index (χ0v) is 15.2. The molecule has 3 heterocycles. The molecule has 134 valence electrons. The summed E-state index contributed by atoms with van der Waals surface area (Å²) in [6.45, 7) is 1.08. The fourth-order valence-corrected chi connectivity index (χ4v) is 4.77. The Morgan fingerprint density at radius 2 is 1.85 bits per heavy atom. The molecule has 6 heteroatoms. The van der Waals surface area contributed by atoms with Crippen molar-refractivity contribution >= 4 is 27.1 Å². The number of sulfonamides is 1. The predicted molar refractivity (Wildman–Crippen MR) is 104 cm³/mol. The van der Waals surface area contributed by atoms with Crippen LogP contribution >= 0.6 is 0 Å². The van der Waals surface area contributed by atoms with E-state index >= 15 is 0 Å². The van der Waals surface area contributed by atoms with Crippen LogP contribution in [0.4, 0.5) is 0 Å². The number of H-pyrrole nitrogens is 1. The Labute approximate surface area is 153 Å². The van der Waals surface area contributed by atoms with Crippen LogP contribution in [0.1, 0.15) is 29.9 Å². The number of hydrogen-bond acceptors (Lipinski definition) is 3. The molecule has 0 amide bonds. The van der Waals surface area contributed by atoms with Crippen LogP contribution in [0.5, 0.6) is 0 Å². The van der Waals surface area contributed by atoms with Crippen LogP contribution in [-0.2, 0) is 10.0 Å². The van der Waals surface area contributed by atoms with E-state index in [0.29, 0.717) is 19.0 Å². The fraction of sp³-hybridized carbons (Fsp3) is 0.250. The quantitative estimate of drug-likeness (QED) is 0.764. The van der Waals surface area contributed by atoms with Gasteiger partial charge in [-0.2, -0.15) is 4.31 Å². The number of piperidine rings is 1. The SMILES string of the molecule is O=S(=O)(/C=C/c1ccccc1)N1CCC(c2c[nH]c3ncccc23)CC1. The number of hydrogen-bond donors (Lipinski definition) is 1. The summed E-state index contributed by atoms with van der Waals surface area (Å²) in [5.41, 5.74) is 3.02. The van der Waals surface area contributed by atoms with Gasteiger partial charge in [0.2, 0.25) is 10.0 Å². The molecule has 0 bridgehead atoms. The van der Waals surface area contributed by atoms with Gasteiger partial charge in [0, 0.05) is 36.3 Å². The lowest BCUT2D eigenvalue weighted by Gasteiger charge is -2.30. The first-order chi connectivity index (χ1) is 12.6. The Kier molecular flexibility index (Phi) is 4.61. The summed E-state index contributed by atoms with van der Waals surface area (Å²) < 4.78 is 26.8. The lowest BCUT2D eigenvalue weighted by atomic mass is 9.90. The molecular formula is C20H21N3O2S. The standard InChI is InChI=1S/C20H21N3O2S/c24-26(25,14-10-16-5-2-1-3-6-16)23-12-8-17(9-13-23)19-15-22-20-18(19)7-4-11-21-20/h1-7,10-11,14-15,17H,8-9,12-13H2,(H,21,22)/b14-10+. The molecule has 0 saturated carbocycles. The maximum atomic E-state index is 12.6. The molecular weight excluding hydrogens is 346 g/mol. The summed E-state index contributed by atoms with van der Waals surface area (Å²) in [4.78, 5) is 7.54. The van der Waals surface area contributed by atoms with E-state index in [9.17, 15) is 8.42 Å². The van der Waals surface area contributed by atoms with Gasteiger partial charge >= 0.3 is 0 Å². The van der Waals surface area contributed by atoms with Gasteiger partial charge in [-0.3, -0.25) is 0 Å². The minimum absolute atomic E-state index is 0.359. The van der Waals surface area contributed by atoms with E-state index < -0.39 is 10.0 Å². The van der Waals surface area contributed by atoms with Crippen LogP contribution < -0.4 is 0 Å². The highest BCUT2D eigenvalue weighted by Gasteiger charge is 2.28. The summed E-state index contributed by atoms with van der Waals surface area (Å²) >= 11 is 0. The van der Waals surface area contributed by atoms with Gasteiger partial charge in [-0.05, 0) is 48.1 Å². The third-order valence-corrected chi connectivity index (χ3v) is 6.53. The van der Waals surface area contributed by atoms with Crippen LogP contribution in [0.2, 0.25) is 0 Å². The number of fused-ring (bicyclic) bond motifs is 1. The molecule has 1 fully saturated rings. The second-order valence-electron chi connectivity index (χ2n) is 6.58. The summed E-state index contributed by atoms with van der Waals surface area (Å²) in [6, 6.07) is 13.5. The molecule has 1 aliphatic heterocycles. The van der Waals surface area contributed by atoms with Crippen LogP contribution in [0.25, 0.3) is 17.1 Å². The van der Waals surface area contributed by atoms with Crippen molar-refractivity contribution in [3.05, 3.63) is 71.4 Å². The molecule has 1 aromatic carbocycles. The van der Waals surface area contributed by atoms with E-state index in [4.69, 9.17) is 0 Å². The highest BCUT2D eigenvalue weighted by atomic mass is 32.2. The van der Waals surface area contributed by atoms with Gasteiger partial charge in [0.1, 0.15) is 5.65 Å². The first-order valence-electron chi connectivity index (χ1n) is 8.79. The second kappa shape index (κ2) is 7.05. The summed E-state index contributed by atoms with van der Waals surface area (Å²) in [5, 5.41) is 2.45. The Morgan fingerprint density at radius 1 is 1.08 bits per heavy atom. The summed E-state index contributed by atoms with van der Waals surface area (Å²) in [5.74, 6) is 0.359. The van der Waals surface area contributed by atoms with Crippen molar-refractivity contribution in [2.24, 2.45) is 0 Å². The van der Waals surface area contributed by atoms with Gasteiger partial charge in [-0.15, -0.1) is 0 Å². The molecule has 3 aromatic rings. The van der Waals surface area contributed by atoms with Crippen LogP contribution in [0, 0.1) is 0 Å². The average Bonchev–Trinajstić information content (AvgIpc) is 3.12. The average molecular weight is 367 g/mol. The third-order valence-electron chi connectivity index (χ3n) is 4.97. The first kappa shape index (κ1) is 17.0. The molecule has 0 spiro atoms. The highest BCUT2D eigenvalue weighted by Crippen LogP contribution is 2.33. The fourth-order valence-electron chi connectivity index (χ4n) is 3.55. The molecule has 26 heavy (non-hydrogen) atoms. The molecule has 1 saturated heterocycles. The van der Waals surface area contributed by atoms with Gasteiger partial charge in [0.15, 0.2) is 0 Å². The zero-order valence-electron chi connectivity index (χ0n) is 14.4. The molecule has 4 rings (SSSR count). The lowest BCUT2D eigenvalue weighted by Crippen LogP contribution is -2.36. The number of aromatic nitrogens is 2. The minimum Gasteiger partial charge on any atom is -0.346 e. The number of aromatic amines is 1. The van der Waals surface area contributed by atoms with Crippen molar-refractivity contribution in [2.45, 2.75) is 18.8 Å². The van der Waals surface area contributed by atoms with Gasteiger partial charge in [-0.25, -0.2) is 13.4 Å². The van der Waals surface area contributed by atoms with Gasteiger partial charge < -0.3 is 4.98 Å². The van der Waals surface area contributed by atoms with E-state index in [1.54, 1.807) is 16.6 Å². The van der Waals surface area contributed by atoms with Crippen molar-refractivity contribution in [1.82, 2.24) is 14.3 Å². The van der Waals surface area contributed by atoms with E-state index in [0.717, 1.165) is 29.4 Å². The van der Waals surface area contributed by atoms with E-state index in [1.807, 2.05) is 42.6 Å². The summed E-state index contributed by atoms with van der Waals surface area (Å²) in [7, 11) is -3.38. The Balaban J connectivity index is 1.45. The molecule has 1 aliphatic rings. The van der Waals surface area contributed by atoms with Crippen molar-refractivity contribution in [2.75, 3.05) is 13.1 Å². The normalized spacial score (nSPS) is 17.2. The number of nitrogens with one attached hydrogen (secondary N) is 1. The zero-order chi connectivity index (χ0) is 18.0. The number of nitrogens with zero attached hydrogens (tertiary/aromatic N) is 2. The van der Waals surface area contributed by atoms with Gasteiger partial charge in [-0.1, -0.05) is 30.3 Å². The number of rotatable bonds is 4. The van der Waals surface area contributed by atoms with Crippen LogP contribution in [0.3, 0.4) is 0 Å². The van der Waals surface area contributed by atoms with Crippen molar-refractivity contribution in [1.29, 1.82) is 0 Å². The lowest BCUT2D eigenvalue weighted by molar-refractivity contribution is 0.323. The molecule has 0 aliphatic carbocycles. The van der Waals surface area contributed by atoms with Gasteiger partial charge in [0.25, 0.3) is 0 Å². The molecule has 2 aromatic heterocycles. The highest BCUT2D eigenvalue weighted by molar-refractivity contribution is 7.92. The van der Waals surface area contributed by atoms with Crippen molar-refractivity contribution < 1.29 is 8.42 Å². The molecule has 0 atom stereocenters. The van der Waals surface area contributed by atoms with E-state index in [1.165, 1.54) is 11.0 Å². The Hall–Kier alpha value is -2.44. The van der Waals surface area contributed by atoms with Crippen molar-refractivity contribution in [3.8, 4) is 0 Å². The molecule has 0 unspecified atom stereocenters. The third kappa shape index (κ3) is 3.43.